The van der Waals surface area contributed by atoms with Crippen LogP contribution in [0.3, 0.4) is 0 Å². The second-order valence-corrected chi connectivity index (χ2v) is 8.35. The molecule has 4 heteroatoms. The minimum atomic E-state index is -1.47. The summed E-state index contributed by atoms with van der Waals surface area (Å²) >= 11 is 0. The maximum absolute atomic E-state index is 13.8. The van der Waals surface area contributed by atoms with E-state index in [4.69, 9.17) is 9.47 Å². The van der Waals surface area contributed by atoms with Crippen LogP contribution in [0.1, 0.15) is 102 Å². The molecule has 3 nitrogen and oxygen atoms in total. The fraction of sp³-hybridized carbons (Fsp3) is 0.720. The Bertz CT molecular complexity index is 564. The number of benzene rings is 1. The Morgan fingerprint density at radius 2 is 1.62 bits per heavy atom. The SMILES string of the molecule is CCCCCCCOc1ccc(C2CCC(OC(=O)[C@@H](F)CCCC)CC2)cc1. The van der Waals surface area contributed by atoms with E-state index in [2.05, 4.69) is 31.2 Å². The number of ether oxygens (including phenoxy) is 2. The van der Waals surface area contributed by atoms with Crippen molar-refractivity contribution in [3.63, 3.8) is 0 Å². The van der Waals surface area contributed by atoms with Gasteiger partial charge in [0.05, 0.1) is 6.61 Å². The van der Waals surface area contributed by atoms with Gasteiger partial charge < -0.3 is 9.47 Å². The molecule has 0 heterocycles. The zero-order valence-corrected chi connectivity index (χ0v) is 18.3. The first-order valence-electron chi connectivity index (χ1n) is 11.7. The summed E-state index contributed by atoms with van der Waals surface area (Å²) in [6, 6.07) is 8.45. The highest BCUT2D eigenvalue weighted by Gasteiger charge is 2.27. The van der Waals surface area contributed by atoms with E-state index in [1.807, 2.05) is 6.92 Å². The molecule has 1 aliphatic carbocycles. The lowest BCUT2D eigenvalue weighted by molar-refractivity contribution is -0.157. The van der Waals surface area contributed by atoms with E-state index in [9.17, 15) is 9.18 Å². The summed E-state index contributed by atoms with van der Waals surface area (Å²) in [6.07, 6.45) is 10.1. The molecule has 1 fully saturated rings. The summed E-state index contributed by atoms with van der Waals surface area (Å²) in [4.78, 5) is 11.9. The summed E-state index contributed by atoms with van der Waals surface area (Å²) in [5.41, 5.74) is 1.32. The molecule has 1 aromatic rings. The molecule has 1 saturated carbocycles. The summed E-state index contributed by atoms with van der Waals surface area (Å²) in [6.45, 7) is 5.01. The molecule has 164 valence electrons. The third-order valence-electron chi connectivity index (χ3n) is 5.89. The van der Waals surface area contributed by atoms with Crippen LogP contribution in [-0.4, -0.2) is 24.9 Å². The first-order chi connectivity index (χ1) is 14.1. The summed E-state index contributed by atoms with van der Waals surface area (Å²) in [7, 11) is 0. The largest absolute Gasteiger partial charge is 0.494 e. The zero-order chi connectivity index (χ0) is 20.9. The van der Waals surface area contributed by atoms with Gasteiger partial charge in [-0.2, -0.15) is 0 Å². The Morgan fingerprint density at radius 1 is 0.966 bits per heavy atom. The van der Waals surface area contributed by atoms with Crippen LogP contribution >= 0.6 is 0 Å². The zero-order valence-electron chi connectivity index (χ0n) is 18.3. The predicted molar refractivity (Wildman–Crippen MR) is 116 cm³/mol. The lowest BCUT2D eigenvalue weighted by atomic mass is 9.83. The van der Waals surface area contributed by atoms with E-state index in [1.54, 1.807) is 0 Å². The van der Waals surface area contributed by atoms with Gasteiger partial charge in [0.1, 0.15) is 11.9 Å². The molecule has 1 aromatic carbocycles. The topological polar surface area (TPSA) is 35.5 Å². The van der Waals surface area contributed by atoms with E-state index >= 15 is 0 Å². The summed E-state index contributed by atoms with van der Waals surface area (Å²) in [5.74, 6) is 0.750. The van der Waals surface area contributed by atoms with Gasteiger partial charge in [0, 0.05) is 0 Å². The van der Waals surface area contributed by atoms with E-state index < -0.39 is 12.1 Å². The van der Waals surface area contributed by atoms with Crippen molar-refractivity contribution in [1.82, 2.24) is 0 Å². The minimum absolute atomic E-state index is 0.131. The summed E-state index contributed by atoms with van der Waals surface area (Å²) in [5, 5.41) is 0. The van der Waals surface area contributed by atoms with Crippen molar-refractivity contribution in [2.24, 2.45) is 0 Å². The lowest BCUT2D eigenvalue weighted by Crippen LogP contribution is -2.28. The highest BCUT2D eigenvalue weighted by Crippen LogP contribution is 2.35. The maximum Gasteiger partial charge on any atom is 0.340 e. The number of hydrogen-bond acceptors (Lipinski definition) is 3. The number of unbranched alkanes of at least 4 members (excludes halogenated alkanes) is 5. The van der Waals surface area contributed by atoms with Crippen LogP contribution in [0.25, 0.3) is 0 Å². The molecular weight excluding hydrogens is 367 g/mol. The van der Waals surface area contributed by atoms with Gasteiger partial charge >= 0.3 is 5.97 Å². The van der Waals surface area contributed by atoms with Crippen LogP contribution in [0.2, 0.25) is 0 Å². The van der Waals surface area contributed by atoms with Gasteiger partial charge in [-0.15, -0.1) is 0 Å². The lowest BCUT2D eigenvalue weighted by Gasteiger charge is -2.29. The average molecular weight is 407 g/mol. The third kappa shape index (κ3) is 8.76. The number of hydrogen-bond donors (Lipinski definition) is 0. The van der Waals surface area contributed by atoms with E-state index in [0.29, 0.717) is 5.92 Å². The average Bonchev–Trinajstić information content (AvgIpc) is 2.75. The fourth-order valence-electron chi connectivity index (χ4n) is 3.99. The molecule has 2 rings (SSSR count). The molecule has 0 amide bonds. The molecule has 0 radical (unpaired) electrons. The monoisotopic (exact) mass is 406 g/mol. The Morgan fingerprint density at radius 3 is 2.28 bits per heavy atom. The van der Waals surface area contributed by atoms with E-state index in [-0.39, 0.29) is 12.5 Å². The second kappa shape index (κ2) is 13.6. The van der Waals surface area contributed by atoms with Crippen LogP contribution in [0, 0.1) is 0 Å². The van der Waals surface area contributed by atoms with Crippen LogP contribution in [0.15, 0.2) is 24.3 Å². The van der Waals surface area contributed by atoms with Crippen molar-refractivity contribution in [1.29, 1.82) is 0 Å². The minimum Gasteiger partial charge on any atom is -0.494 e. The number of carbonyl (C=O) groups is 1. The standard InChI is InChI=1S/C25H39FO3/c1-3-5-7-8-9-19-28-22-15-11-20(12-16-22)21-13-17-23(18-14-21)29-25(27)24(26)10-6-4-2/h11-12,15-16,21,23-24H,3-10,13-14,17-19H2,1-2H3/t21?,23?,24-/m0/s1. The van der Waals surface area contributed by atoms with E-state index in [1.165, 1.54) is 31.2 Å². The van der Waals surface area contributed by atoms with Crippen LogP contribution in [0.4, 0.5) is 4.39 Å². The van der Waals surface area contributed by atoms with Crippen molar-refractivity contribution in [3.8, 4) is 5.75 Å². The first-order valence-corrected chi connectivity index (χ1v) is 11.7. The highest BCUT2D eigenvalue weighted by molar-refractivity contribution is 5.74. The van der Waals surface area contributed by atoms with Crippen molar-refractivity contribution in [2.75, 3.05) is 6.61 Å². The third-order valence-corrected chi connectivity index (χ3v) is 5.89. The highest BCUT2D eigenvalue weighted by atomic mass is 19.1. The Balaban J connectivity index is 1.67. The van der Waals surface area contributed by atoms with Gasteiger partial charge in [0.2, 0.25) is 0 Å². The molecule has 0 spiro atoms. The van der Waals surface area contributed by atoms with Crippen LogP contribution < -0.4 is 4.74 Å². The Kier molecular flexibility index (Phi) is 11.1. The fourth-order valence-corrected chi connectivity index (χ4v) is 3.99. The Labute approximate surface area is 176 Å². The molecule has 0 N–H and O–H groups in total. The quantitative estimate of drug-likeness (QED) is 0.258. The molecule has 0 saturated heterocycles. The van der Waals surface area contributed by atoms with Gasteiger partial charge in [0.15, 0.2) is 6.17 Å². The first kappa shape index (κ1) is 23.7. The number of halogens is 1. The number of carbonyl (C=O) groups excluding carboxylic acids is 1. The molecule has 1 aliphatic rings. The van der Waals surface area contributed by atoms with Crippen molar-refractivity contribution >= 4 is 5.97 Å². The molecule has 1 atom stereocenters. The molecule has 29 heavy (non-hydrogen) atoms. The predicted octanol–water partition coefficient (Wildman–Crippen LogP) is 7.13. The van der Waals surface area contributed by atoms with Gasteiger partial charge in [0.25, 0.3) is 0 Å². The normalized spacial score (nSPS) is 20.2. The number of rotatable bonds is 13. The molecular formula is C25H39FO3. The number of alkyl halides is 1. The Hall–Kier alpha value is -1.58. The second-order valence-electron chi connectivity index (χ2n) is 8.35. The van der Waals surface area contributed by atoms with Gasteiger partial charge in [-0.25, -0.2) is 9.18 Å². The molecule has 0 aliphatic heterocycles. The van der Waals surface area contributed by atoms with Crippen LogP contribution in [-0.2, 0) is 9.53 Å². The van der Waals surface area contributed by atoms with Gasteiger partial charge in [-0.1, -0.05) is 64.5 Å². The van der Waals surface area contributed by atoms with Gasteiger partial charge in [-0.3, -0.25) is 0 Å². The van der Waals surface area contributed by atoms with Gasteiger partial charge in [-0.05, 0) is 62.1 Å². The van der Waals surface area contributed by atoms with Crippen molar-refractivity contribution in [3.05, 3.63) is 29.8 Å². The molecule has 0 unspecified atom stereocenters. The molecule has 0 bridgehead atoms. The number of esters is 1. The maximum atomic E-state index is 13.8. The van der Waals surface area contributed by atoms with Crippen molar-refractivity contribution in [2.45, 2.75) is 109 Å². The smallest absolute Gasteiger partial charge is 0.340 e. The molecule has 0 aromatic heterocycles. The van der Waals surface area contributed by atoms with E-state index in [0.717, 1.165) is 57.3 Å². The van der Waals surface area contributed by atoms with Crippen LogP contribution in [0.5, 0.6) is 5.75 Å². The van der Waals surface area contributed by atoms with Crippen molar-refractivity contribution < 1.29 is 18.7 Å². The summed E-state index contributed by atoms with van der Waals surface area (Å²) < 4.78 is 25.0.